The van der Waals surface area contributed by atoms with Gasteiger partial charge in [0, 0.05) is 58.9 Å². The molecule has 2 aliphatic rings. The lowest BCUT2D eigenvalue weighted by molar-refractivity contribution is 0.0504. The predicted octanol–water partition coefficient (Wildman–Crippen LogP) is 6.72. The summed E-state index contributed by atoms with van der Waals surface area (Å²) in [4.78, 5) is 18.3. The number of esters is 1. The number of hydrogen-bond acceptors (Lipinski definition) is 5. The number of azide groups is 1. The Morgan fingerprint density at radius 2 is 1.77 bits per heavy atom. The zero-order chi connectivity index (χ0) is 27.8. The van der Waals surface area contributed by atoms with Crippen LogP contribution in [-0.4, -0.2) is 45.3 Å². The van der Waals surface area contributed by atoms with E-state index in [4.69, 9.17) is 14.7 Å². The zero-order valence-electron chi connectivity index (χ0n) is 23.2. The van der Waals surface area contributed by atoms with Crippen molar-refractivity contribution in [2.75, 3.05) is 44.2 Å². The molecule has 0 aromatic heterocycles. The number of nitrogens with zero attached hydrogens (tertiary/aromatic N) is 5. The summed E-state index contributed by atoms with van der Waals surface area (Å²) in [6.07, 6.45) is 0.469. The first-order valence-corrected chi connectivity index (χ1v) is 13.7. The summed E-state index contributed by atoms with van der Waals surface area (Å²) in [6, 6.07) is 20.1. The molecule has 39 heavy (non-hydrogen) atoms. The first-order valence-electron chi connectivity index (χ1n) is 13.7. The molecule has 0 unspecified atom stereocenters. The van der Waals surface area contributed by atoms with E-state index in [1.165, 1.54) is 0 Å². The molecule has 1 aliphatic heterocycles. The molecule has 0 fully saturated rings. The van der Waals surface area contributed by atoms with Crippen LogP contribution in [0, 0.1) is 0 Å². The Labute approximate surface area is 229 Å². The van der Waals surface area contributed by atoms with Crippen molar-refractivity contribution in [2.45, 2.75) is 34.1 Å². The van der Waals surface area contributed by atoms with Gasteiger partial charge in [-0.05, 0) is 69.5 Å². The first kappa shape index (κ1) is 27.7. The van der Waals surface area contributed by atoms with Gasteiger partial charge in [0.1, 0.15) is 24.4 Å². The minimum Gasteiger partial charge on any atom is -0.462 e. The maximum Gasteiger partial charge on any atom is 0.338 e. The largest absolute Gasteiger partial charge is 0.462 e. The van der Waals surface area contributed by atoms with Crippen LogP contribution in [0.25, 0.3) is 43.9 Å². The van der Waals surface area contributed by atoms with Gasteiger partial charge in [0.05, 0.1) is 18.2 Å². The second-order valence-electron chi connectivity index (χ2n) is 9.17. The van der Waals surface area contributed by atoms with Crippen molar-refractivity contribution >= 4 is 22.6 Å². The van der Waals surface area contributed by atoms with Gasteiger partial charge < -0.3 is 14.1 Å². The molecule has 0 saturated carbocycles. The fraction of sp³-hybridized carbons (Fsp3) is 0.355. The van der Waals surface area contributed by atoms with Gasteiger partial charge in [-0.15, -0.1) is 0 Å². The lowest BCUT2D eigenvalue weighted by Crippen LogP contribution is -2.29. The van der Waals surface area contributed by atoms with Gasteiger partial charge in [-0.25, -0.2) is 9.37 Å². The van der Waals surface area contributed by atoms with Crippen molar-refractivity contribution in [3.05, 3.63) is 82.0 Å². The fourth-order valence-corrected chi connectivity index (χ4v) is 5.03. The number of ether oxygens (including phenoxy) is 1. The highest BCUT2D eigenvalue weighted by Gasteiger charge is 2.23. The van der Waals surface area contributed by atoms with Crippen molar-refractivity contribution in [2.24, 2.45) is 5.11 Å². The Bertz CT molecular complexity index is 1540. The van der Waals surface area contributed by atoms with E-state index in [1.54, 1.807) is 6.07 Å². The average molecular weight is 527 g/mol. The maximum atomic E-state index is 13.2. The number of fused-ring (bicyclic) bond motifs is 2. The van der Waals surface area contributed by atoms with E-state index < -0.39 is 5.97 Å². The Balaban J connectivity index is 1.95. The molecule has 1 heterocycles. The molecule has 202 valence electrons. The summed E-state index contributed by atoms with van der Waals surface area (Å²) in [6.45, 7) is 12.6. The zero-order valence-corrected chi connectivity index (χ0v) is 23.2. The number of carbonyl (C=O) groups excluding carboxylic acids is 1. The second-order valence-corrected chi connectivity index (χ2v) is 9.17. The Hall–Kier alpha value is -4.29. The van der Waals surface area contributed by atoms with Gasteiger partial charge in [0.25, 0.3) is 0 Å². The molecule has 0 amide bonds. The van der Waals surface area contributed by atoms with E-state index in [0.717, 1.165) is 70.6 Å². The van der Waals surface area contributed by atoms with Gasteiger partial charge in [-0.2, -0.15) is 0 Å². The second kappa shape index (κ2) is 13.0. The summed E-state index contributed by atoms with van der Waals surface area (Å²) in [5, 5.41) is 5.53. The molecule has 4 rings (SSSR count). The third kappa shape index (κ3) is 5.91. The first-order chi connectivity index (χ1) is 19.1. The van der Waals surface area contributed by atoms with Crippen LogP contribution in [0.3, 0.4) is 0 Å². The van der Waals surface area contributed by atoms with Crippen molar-refractivity contribution < 1.29 is 13.9 Å². The number of carbonyl (C=O) groups is 1. The Kier molecular flexibility index (Phi) is 9.23. The van der Waals surface area contributed by atoms with Crippen LogP contribution in [0.15, 0.2) is 70.2 Å². The number of anilines is 1. The van der Waals surface area contributed by atoms with Crippen molar-refractivity contribution in [1.29, 1.82) is 0 Å². The van der Waals surface area contributed by atoms with Crippen molar-refractivity contribution in [3.8, 4) is 22.5 Å². The molecule has 2 aromatic carbocycles. The summed E-state index contributed by atoms with van der Waals surface area (Å²) >= 11 is 0. The minimum atomic E-state index is -0.409. The number of hydrogen-bond donors (Lipinski definition) is 0. The van der Waals surface area contributed by atoms with Gasteiger partial charge in [-0.1, -0.05) is 23.3 Å². The van der Waals surface area contributed by atoms with E-state index in [0.29, 0.717) is 12.0 Å². The number of rotatable bonds is 11. The fourth-order valence-electron chi connectivity index (χ4n) is 5.03. The average Bonchev–Trinajstić information content (AvgIpc) is 2.97. The topological polar surface area (TPSA) is 94.5 Å². The molecule has 1 aliphatic carbocycles. The molecule has 0 N–H and O–H groups in total. The smallest absolute Gasteiger partial charge is 0.338 e. The third-order valence-corrected chi connectivity index (χ3v) is 7.06. The van der Waals surface area contributed by atoms with E-state index >= 15 is 0 Å². The highest BCUT2D eigenvalue weighted by atomic mass is 16.5. The molecule has 0 saturated heterocycles. The SMILES string of the molecule is CCN(CC)c1ccc2c(-c3ccccc3C(=O)OCCCN=[N+]=[N-])c3ccc(=[N+](CC)CC)cc-3oc2c1. The van der Waals surface area contributed by atoms with Crippen LogP contribution in [0.5, 0.6) is 0 Å². The molecular formula is C31H36N5O3+. The maximum absolute atomic E-state index is 13.2. The van der Waals surface area contributed by atoms with Gasteiger partial charge in [0.15, 0.2) is 0 Å². The van der Waals surface area contributed by atoms with Gasteiger partial charge >= 0.3 is 5.97 Å². The van der Waals surface area contributed by atoms with E-state index in [9.17, 15) is 4.79 Å². The van der Waals surface area contributed by atoms with Crippen LogP contribution >= 0.6 is 0 Å². The van der Waals surface area contributed by atoms with Crippen LogP contribution < -0.4 is 14.8 Å². The summed E-state index contributed by atoms with van der Waals surface area (Å²) in [7, 11) is 0. The highest BCUT2D eigenvalue weighted by Crippen LogP contribution is 2.42. The summed E-state index contributed by atoms with van der Waals surface area (Å²) in [5.74, 6) is 0.351. The van der Waals surface area contributed by atoms with Crippen molar-refractivity contribution in [1.82, 2.24) is 4.58 Å². The van der Waals surface area contributed by atoms with Crippen LogP contribution in [-0.2, 0) is 4.74 Å². The third-order valence-electron chi connectivity index (χ3n) is 7.06. The monoisotopic (exact) mass is 526 g/mol. The highest BCUT2D eigenvalue weighted by molar-refractivity contribution is 6.08. The van der Waals surface area contributed by atoms with Gasteiger partial charge in [-0.3, -0.25) is 0 Å². The quantitative estimate of drug-likeness (QED) is 0.0412. The van der Waals surface area contributed by atoms with Crippen molar-refractivity contribution in [3.63, 3.8) is 0 Å². The molecule has 8 nitrogen and oxygen atoms in total. The lowest BCUT2D eigenvalue weighted by Gasteiger charge is -2.22. The molecular weight excluding hydrogens is 490 g/mol. The summed E-state index contributed by atoms with van der Waals surface area (Å²) in [5.41, 5.74) is 13.5. The molecule has 8 heteroatoms. The molecule has 0 bridgehead atoms. The number of benzene rings is 3. The Morgan fingerprint density at radius 1 is 1.00 bits per heavy atom. The van der Waals surface area contributed by atoms with E-state index in [1.807, 2.05) is 18.2 Å². The minimum absolute atomic E-state index is 0.179. The predicted molar refractivity (Wildman–Crippen MR) is 157 cm³/mol. The van der Waals surface area contributed by atoms with Crippen LogP contribution in [0.4, 0.5) is 5.69 Å². The Morgan fingerprint density at radius 3 is 2.49 bits per heavy atom. The van der Waals surface area contributed by atoms with E-state index in [2.05, 4.69) is 83.6 Å². The van der Waals surface area contributed by atoms with E-state index in [-0.39, 0.29) is 13.2 Å². The lowest BCUT2D eigenvalue weighted by atomic mass is 9.90. The molecule has 0 atom stereocenters. The summed E-state index contributed by atoms with van der Waals surface area (Å²) < 4.78 is 14.4. The molecule has 0 radical (unpaired) electrons. The van der Waals surface area contributed by atoms with Crippen LogP contribution in [0.1, 0.15) is 44.5 Å². The van der Waals surface area contributed by atoms with Crippen LogP contribution in [0.2, 0.25) is 0 Å². The normalized spacial score (nSPS) is 10.9. The standard InChI is InChI=1S/C31H36N5O3/c1-5-35(6-2)22-14-16-26-28(20-22)39-29-21-23(36(7-3)8-4)15-17-27(29)30(26)24-12-9-10-13-25(24)31(37)38-19-11-18-33-34-32/h9-10,12-17,20-21H,5-8,11,18-19H2,1-4H3/q+1. The van der Waals surface area contributed by atoms with Gasteiger partial charge in [0.2, 0.25) is 5.36 Å². The molecule has 0 spiro atoms. The molecule has 2 aromatic rings.